The fraction of sp³-hybridized carbons (Fsp3) is 0.368. The van der Waals surface area contributed by atoms with Gasteiger partial charge in [0.05, 0.1) is 12.2 Å². The zero-order valence-corrected chi connectivity index (χ0v) is 13.9. The van der Waals surface area contributed by atoms with Crippen LogP contribution in [0.25, 0.3) is 11.3 Å². The summed E-state index contributed by atoms with van der Waals surface area (Å²) >= 11 is 0. The molecule has 1 aromatic heterocycles. The summed E-state index contributed by atoms with van der Waals surface area (Å²) < 4.78 is 0. The lowest BCUT2D eigenvalue weighted by Gasteiger charge is -2.15. The molecule has 5 heteroatoms. The molecular formula is C19H24N4O. The standard InChI is InChI=1S/C19H24N4O/c24-19(23-13-4-5-14-23)15-20-11-12-21-18-10-6-9-17(22-18)16-7-2-1-3-8-16/h1-3,6-10,20H,4-5,11-15H2,(H,21,22). The van der Waals surface area contributed by atoms with E-state index in [9.17, 15) is 4.79 Å². The molecule has 0 aliphatic carbocycles. The smallest absolute Gasteiger partial charge is 0.236 e. The second-order valence-electron chi connectivity index (χ2n) is 5.97. The van der Waals surface area contributed by atoms with Gasteiger partial charge in [0.2, 0.25) is 5.91 Å². The van der Waals surface area contributed by atoms with E-state index in [1.165, 1.54) is 0 Å². The van der Waals surface area contributed by atoms with Gasteiger partial charge in [0.1, 0.15) is 5.82 Å². The lowest BCUT2D eigenvalue weighted by atomic mass is 10.1. The molecule has 24 heavy (non-hydrogen) atoms. The number of rotatable bonds is 7. The Morgan fingerprint density at radius 1 is 1.00 bits per heavy atom. The first kappa shape index (κ1) is 16.5. The van der Waals surface area contributed by atoms with Gasteiger partial charge in [0.15, 0.2) is 0 Å². The molecule has 3 rings (SSSR count). The SMILES string of the molecule is O=C(CNCCNc1cccc(-c2ccccc2)n1)N1CCCC1. The number of benzene rings is 1. The van der Waals surface area contributed by atoms with Crippen LogP contribution >= 0.6 is 0 Å². The number of anilines is 1. The number of carbonyl (C=O) groups is 1. The number of hydrogen-bond acceptors (Lipinski definition) is 4. The maximum atomic E-state index is 11.9. The lowest BCUT2D eigenvalue weighted by molar-refractivity contribution is -0.129. The van der Waals surface area contributed by atoms with Crippen molar-refractivity contribution < 1.29 is 4.79 Å². The molecule has 1 fully saturated rings. The van der Waals surface area contributed by atoms with Crippen molar-refractivity contribution in [3.8, 4) is 11.3 Å². The van der Waals surface area contributed by atoms with Gasteiger partial charge in [-0.1, -0.05) is 36.4 Å². The summed E-state index contributed by atoms with van der Waals surface area (Å²) in [6, 6.07) is 16.1. The third-order valence-electron chi connectivity index (χ3n) is 4.16. The van der Waals surface area contributed by atoms with Crippen LogP contribution in [0.15, 0.2) is 48.5 Å². The van der Waals surface area contributed by atoms with Crippen molar-refractivity contribution in [2.24, 2.45) is 0 Å². The molecule has 0 saturated carbocycles. The Hall–Kier alpha value is -2.40. The third kappa shape index (κ3) is 4.55. The first-order valence-corrected chi connectivity index (χ1v) is 8.58. The van der Waals surface area contributed by atoms with Crippen molar-refractivity contribution in [2.45, 2.75) is 12.8 Å². The van der Waals surface area contributed by atoms with Gasteiger partial charge in [-0.2, -0.15) is 0 Å². The van der Waals surface area contributed by atoms with Crippen molar-refractivity contribution in [1.29, 1.82) is 0 Å². The predicted molar refractivity (Wildman–Crippen MR) is 96.8 cm³/mol. The highest BCUT2D eigenvalue weighted by atomic mass is 16.2. The van der Waals surface area contributed by atoms with Crippen LogP contribution in [0.1, 0.15) is 12.8 Å². The molecule has 0 spiro atoms. The van der Waals surface area contributed by atoms with E-state index < -0.39 is 0 Å². The van der Waals surface area contributed by atoms with E-state index in [1.54, 1.807) is 0 Å². The molecule has 0 unspecified atom stereocenters. The second kappa shape index (κ2) is 8.45. The topological polar surface area (TPSA) is 57.3 Å². The Balaban J connectivity index is 1.41. The van der Waals surface area contributed by atoms with Crippen molar-refractivity contribution in [3.05, 3.63) is 48.5 Å². The highest BCUT2D eigenvalue weighted by Crippen LogP contribution is 2.17. The van der Waals surface area contributed by atoms with Gasteiger partial charge in [-0.25, -0.2) is 4.98 Å². The quantitative estimate of drug-likeness (QED) is 0.768. The Morgan fingerprint density at radius 2 is 1.79 bits per heavy atom. The van der Waals surface area contributed by atoms with Gasteiger partial charge in [0.25, 0.3) is 0 Å². The summed E-state index contributed by atoms with van der Waals surface area (Å²) in [6.45, 7) is 3.71. The maximum absolute atomic E-state index is 11.9. The molecule has 1 aliphatic heterocycles. The number of hydrogen-bond donors (Lipinski definition) is 2. The summed E-state index contributed by atoms with van der Waals surface area (Å²) in [5.74, 6) is 1.06. The average molecular weight is 324 g/mol. The fourth-order valence-electron chi connectivity index (χ4n) is 2.86. The molecule has 1 aromatic carbocycles. The number of amides is 1. The van der Waals surface area contributed by atoms with Crippen LogP contribution in [-0.4, -0.2) is 48.5 Å². The van der Waals surface area contributed by atoms with E-state index in [0.29, 0.717) is 6.54 Å². The summed E-state index contributed by atoms with van der Waals surface area (Å²) in [4.78, 5) is 18.5. The van der Waals surface area contributed by atoms with Crippen molar-refractivity contribution in [1.82, 2.24) is 15.2 Å². The molecular weight excluding hydrogens is 300 g/mol. The summed E-state index contributed by atoms with van der Waals surface area (Å²) in [5, 5.41) is 6.50. The molecule has 2 heterocycles. The predicted octanol–water partition coefficient (Wildman–Crippen LogP) is 2.37. The van der Waals surface area contributed by atoms with E-state index in [2.05, 4.69) is 27.8 Å². The van der Waals surface area contributed by atoms with Gasteiger partial charge in [0, 0.05) is 31.7 Å². The highest BCUT2D eigenvalue weighted by molar-refractivity contribution is 5.78. The Kier molecular flexibility index (Phi) is 5.80. The average Bonchev–Trinajstić information content (AvgIpc) is 3.17. The summed E-state index contributed by atoms with van der Waals surface area (Å²) in [6.07, 6.45) is 2.27. The van der Waals surface area contributed by atoms with Gasteiger partial charge in [-0.05, 0) is 25.0 Å². The molecule has 1 saturated heterocycles. The first-order valence-electron chi connectivity index (χ1n) is 8.58. The van der Waals surface area contributed by atoms with Crippen LogP contribution in [0.2, 0.25) is 0 Å². The number of likely N-dealkylation sites (tertiary alicyclic amines) is 1. The second-order valence-corrected chi connectivity index (χ2v) is 5.97. The zero-order valence-electron chi connectivity index (χ0n) is 13.9. The molecule has 2 aromatic rings. The summed E-state index contributed by atoms with van der Waals surface area (Å²) in [7, 11) is 0. The van der Waals surface area contributed by atoms with Crippen molar-refractivity contribution >= 4 is 11.7 Å². The monoisotopic (exact) mass is 324 g/mol. The van der Waals surface area contributed by atoms with E-state index >= 15 is 0 Å². The minimum absolute atomic E-state index is 0.205. The number of nitrogens with one attached hydrogen (secondary N) is 2. The normalized spacial score (nSPS) is 13.9. The highest BCUT2D eigenvalue weighted by Gasteiger charge is 2.16. The number of carbonyl (C=O) groups excluding carboxylic acids is 1. The van der Waals surface area contributed by atoms with E-state index in [1.807, 2.05) is 41.3 Å². The third-order valence-corrected chi connectivity index (χ3v) is 4.16. The minimum atomic E-state index is 0.205. The molecule has 1 aliphatic rings. The minimum Gasteiger partial charge on any atom is -0.369 e. The van der Waals surface area contributed by atoms with Gasteiger partial charge < -0.3 is 15.5 Å². The van der Waals surface area contributed by atoms with Gasteiger partial charge in [-0.3, -0.25) is 4.79 Å². The van der Waals surface area contributed by atoms with Gasteiger partial charge in [-0.15, -0.1) is 0 Å². The van der Waals surface area contributed by atoms with Crippen molar-refractivity contribution in [2.75, 3.05) is 38.0 Å². The van der Waals surface area contributed by atoms with E-state index in [-0.39, 0.29) is 5.91 Å². The molecule has 0 bridgehead atoms. The van der Waals surface area contributed by atoms with Crippen LogP contribution in [0.5, 0.6) is 0 Å². The molecule has 0 radical (unpaired) electrons. The maximum Gasteiger partial charge on any atom is 0.236 e. The molecule has 1 amide bonds. The van der Waals surface area contributed by atoms with Crippen LogP contribution < -0.4 is 10.6 Å². The summed E-state index contributed by atoms with van der Waals surface area (Å²) in [5.41, 5.74) is 2.06. The van der Waals surface area contributed by atoms with E-state index in [4.69, 9.17) is 0 Å². The fourth-order valence-corrected chi connectivity index (χ4v) is 2.86. The molecule has 126 valence electrons. The Bertz CT molecular complexity index is 653. The van der Waals surface area contributed by atoms with Crippen molar-refractivity contribution in [3.63, 3.8) is 0 Å². The van der Waals surface area contributed by atoms with Crippen LogP contribution in [0.3, 0.4) is 0 Å². The lowest BCUT2D eigenvalue weighted by Crippen LogP contribution is -2.37. The Morgan fingerprint density at radius 3 is 2.58 bits per heavy atom. The number of nitrogens with zero attached hydrogens (tertiary/aromatic N) is 2. The Labute approximate surface area is 143 Å². The molecule has 2 N–H and O–H groups in total. The number of pyridine rings is 1. The van der Waals surface area contributed by atoms with Crippen LogP contribution in [-0.2, 0) is 4.79 Å². The van der Waals surface area contributed by atoms with Crippen LogP contribution in [0, 0.1) is 0 Å². The molecule has 0 atom stereocenters. The zero-order chi connectivity index (χ0) is 16.6. The van der Waals surface area contributed by atoms with Crippen LogP contribution in [0.4, 0.5) is 5.82 Å². The molecule has 5 nitrogen and oxygen atoms in total. The largest absolute Gasteiger partial charge is 0.369 e. The van der Waals surface area contributed by atoms with Gasteiger partial charge >= 0.3 is 0 Å². The van der Waals surface area contributed by atoms with E-state index in [0.717, 1.165) is 56.1 Å². The number of aromatic nitrogens is 1. The first-order chi connectivity index (χ1) is 11.8.